The van der Waals surface area contributed by atoms with Crippen molar-refractivity contribution in [3.05, 3.63) is 0 Å². The zero-order valence-electron chi connectivity index (χ0n) is 10.6. The van der Waals surface area contributed by atoms with E-state index in [1.54, 1.807) is 0 Å². The van der Waals surface area contributed by atoms with Crippen LogP contribution in [0.5, 0.6) is 0 Å². The van der Waals surface area contributed by atoms with Crippen molar-refractivity contribution in [3.8, 4) is 0 Å². The van der Waals surface area contributed by atoms with Crippen LogP contribution < -0.4 is 11.1 Å². The van der Waals surface area contributed by atoms with Gasteiger partial charge in [-0.2, -0.15) is 0 Å². The molecule has 3 N–H and O–H groups in total. The van der Waals surface area contributed by atoms with Gasteiger partial charge in [0.2, 0.25) is 0 Å². The lowest BCUT2D eigenvalue weighted by molar-refractivity contribution is 0.0687. The molecule has 5 heteroatoms. The molecule has 0 spiro atoms. The van der Waals surface area contributed by atoms with Crippen LogP contribution in [-0.2, 0) is 0 Å². The Bertz CT molecular complexity index is 234. The van der Waals surface area contributed by atoms with E-state index < -0.39 is 0 Å². The molecule has 0 aliphatic carbocycles. The van der Waals surface area contributed by atoms with E-state index in [0.717, 1.165) is 26.2 Å². The molecule has 0 aromatic rings. The number of nitrogens with one attached hydrogen (secondary N) is 1. The summed E-state index contributed by atoms with van der Waals surface area (Å²) in [5.74, 6) is 0. The monoisotopic (exact) mass is 228 g/mol. The fraction of sp³-hybridized carbons (Fsp3) is 0.909. The van der Waals surface area contributed by atoms with Crippen LogP contribution in [0.2, 0.25) is 0 Å². The first-order valence-electron chi connectivity index (χ1n) is 5.99. The molecule has 0 saturated carbocycles. The zero-order valence-corrected chi connectivity index (χ0v) is 10.6. The summed E-state index contributed by atoms with van der Waals surface area (Å²) in [6.45, 7) is 10.9. The highest BCUT2D eigenvalue weighted by molar-refractivity contribution is 5.74. The Labute approximate surface area is 98.0 Å². The molecular weight excluding hydrogens is 204 g/mol. The van der Waals surface area contributed by atoms with Gasteiger partial charge in [-0.15, -0.1) is 0 Å². The molecule has 0 radical (unpaired) electrons. The average molecular weight is 228 g/mol. The number of amides is 2. The first-order valence-corrected chi connectivity index (χ1v) is 5.99. The highest BCUT2D eigenvalue weighted by Crippen LogP contribution is 2.15. The molecule has 0 unspecified atom stereocenters. The molecule has 1 saturated heterocycles. The van der Waals surface area contributed by atoms with E-state index in [0.29, 0.717) is 13.1 Å². The minimum atomic E-state index is 0.0350. The van der Waals surface area contributed by atoms with Crippen molar-refractivity contribution < 1.29 is 4.79 Å². The molecule has 0 aromatic carbocycles. The standard InChI is InChI=1S/C11H24N4O/c1-4-13-10(16)14-5-7-15(8-6-14)11(2,3)9-12/h4-9,12H2,1-3H3,(H,13,16). The lowest BCUT2D eigenvalue weighted by Gasteiger charge is -2.43. The molecule has 5 nitrogen and oxygen atoms in total. The van der Waals surface area contributed by atoms with E-state index >= 15 is 0 Å². The fourth-order valence-corrected chi connectivity index (χ4v) is 1.91. The summed E-state index contributed by atoms with van der Waals surface area (Å²) < 4.78 is 0. The van der Waals surface area contributed by atoms with E-state index in [1.165, 1.54) is 0 Å². The summed E-state index contributed by atoms with van der Waals surface area (Å²) >= 11 is 0. The van der Waals surface area contributed by atoms with Crippen LogP contribution in [-0.4, -0.2) is 60.6 Å². The summed E-state index contributed by atoms with van der Waals surface area (Å²) in [4.78, 5) is 15.8. The van der Waals surface area contributed by atoms with Crippen molar-refractivity contribution in [3.63, 3.8) is 0 Å². The fourth-order valence-electron chi connectivity index (χ4n) is 1.91. The number of carbonyl (C=O) groups excluding carboxylic acids is 1. The van der Waals surface area contributed by atoms with Crippen molar-refractivity contribution in [1.82, 2.24) is 15.1 Å². The number of piperazine rings is 1. The Kier molecular flexibility index (Phi) is 4.56. The Morgan fingerprint density at radius 3 is 2.31 bits per heavy atom. The van der Waals surface area contributed by atoms with Crippen LogP contribution in [0.15, 0.2) is 0 Å². The van der Waals surface area contributed by atoms with Crippen LogP contribution >= 0.6 is 0 Å². The maximum absolute atomic E-state index is 11.6. The Morgan fingerprint density at radius 1 is 1.31 bits per heavy atom. The van der Waals surface area contributed by atoms with Gasteiger partial charge < -0.3 is 16.0 Å². The van der Waals surface area contributed by atoms with Crippen LogP contribution in [0, 0.1) is 0 Å². The molecule has 2 amide bonds. The van der Waals surface area contributed by atoms with Gasteiger partial charge in [0.1, 0.15) is 0 Å². The molecular formula is C11H24N4O. The average Bonchev–Trinajstić information content (AvgIpc) is 2.29. The molecule has 1 fully saturated rings. The van der Waals surface area contributed by atoms with Crippen LogP contribution in [0.25, 0.3) is 0 Å². The minimum Gasteiger partial charge on any atom is -0.338 e. The maximum atomic E-state index is 11.6. The van der Waals surface area contributed by atoms with E-state index in [9.17, 15) is 4.79 Å². The van der Waals surface area contributed by atoms with Gasteiger partial charge in [-0.05, 0) is 20.8 Å². The second-order valence-electron chi connectivity index (χ2n) is 4.83. The smallest absolute Gasteiger partial charge is 0.317 e. The van der Waals surface area contributed by atoms with Crippen molar-refractivity contribution in [2.45, 2.75) is 26.3 Å². The first kappa shape index (κ1) is 13.3. The molecule has 1 rings (SSSR count). The third kappa shape index (κ3) is 3.09. The third-order valence-corrected chi connectivity index (χ3v) is 3.25. The predicted octanol–water partition coefficient (Wildman–Crippen LogP) is 0.0708. The number of rotatable bonds is 3. The van der Waals surface area contributed by atoms with Gasteiger partial charge in [0, 0.05) is 44.8 Å². The Morgan fingerprint density at radius 2 is 1.88 bits per heavy atom. The van der Waals surface area contributed by atoms with Gasteiger partial charge in [-0.1, -0.05) is 0 Å². The van der Waals surface area contributed by atoms with Crippen LogP contribution in [0.1, 0.15) is 20.8 Å². The van der Waals surface area contributed by atoms with Gasteiger partial charge in [0.05, 0.1) is 0 Å². The SMILES string of the molecule is CCNC(=O)N1CCN(C(C)(C)CN)CC1. The highest BCUT2D eigenvalue weighted by atomic mass is 16.2. The molecule has 16 heavy (non-hydrogen) atoms. The number of hydrogen-bond acceptors (Lipinski definition) is 3. The van der Waals surface area contributed by atoms with Gasteiger partial charge in [-0.3, -0.25) is 4.90 Å². The van der Waals surface area contributed by atoms with Crippen LogP contribution in [0.3, 0.4) is 0 Å². The molecule has 1 aliphatic rings. The van der Waals surface area contributed by atoms with Crippen molar-refractivity contribution in [2.24, 2.45) is 5.73 Å². The lowest BCUT2D eigenvalue weighted by atomic mass is 10.0. The van der Waals surface area contributed by atoms with E-state index in [-0.39, 0.29) is 11.6 Å². The van der Waals surface area contributed by atoms with Crippen molar-refractivity contribution in [1.29, 1.82) is 0 Å². The topological polar surface area (TPSA) is 61.6 Å². The first-order chi connectivity index (χ1) is 7.51. The number of nitrogens with zero attached hydrogens (tertiary/aromatic N) is 2. The Hall–Kier alpha value is -0.810. The van der Waals surface area contributed by atoms with Gasteiger partial charge in [0.15, 0.2) is 0 Å². The lowest BCUT2D eigenvalue weighted by Crippen LogP contribution is -2.59. The molecule has 0 bridgehead atoms. The maximum Gasteiger partial charge on any atom is 0.317 e. The zero-order chi connectivity index (χ0) is 12.2. The summed E-state index contributed by atoms with van der Waals surface area (Å²) in [5.41, 5.74) is 5.78. The normalized spacial score (nSPS) is 18.6. The number of nitrogens with two attached hydrogens (primary N) is 1. The van der Waals surface area contributed by atoms with E-state index in [2.05, 4.69) is 24.1 Å². The molecule has 0 aromatic heterocycles. The highest BCUT2D eigenvalue weighted by Gasteiger charge is 2.29. The summed E-state index contributed by atoms with van der Waals surface area (Å²) in [5, 5.41) is 2.83. The van der Waals surface area contributed by atoms with E-state index in [4.69, 9.17) is 5.73 Å². The number of hydrogen-bond donors (Lipinski definition) is 2. The molecule has 1 heterocycles. The number of urea groups is 1. The minimum absolute atomic E-state index is 0.0350. The molecule has 94 valence electrons. The largest absolute Gasteiger partial charge is 0.338 e. The predicted molar refractivity (Wildman–Crippen MR) is 65.4 cm³/mol. The second-order valence-corrected chi connectivity index (χ2v) is 4.83. The third-order valence-electron chi connectivity index (χ3n) is 3.25. The summed E-state index contributed by atoms with van der Waals surface area (Å²) in [6.07, 6.45) is 0. The Balaban J connectivity index is 2.42. The van der Waals surface area contributed by atoms with Crippen molar-refractivity contribution >= 4 is 6.03 Å². The molecule has 0 atom stereocenters. The summed E-state index contributed by atoms with van der Waals surface area (Å²) in [6, 6.07) is 0.0488. The quantitative estimate of drug-likeness (QED) is 0.718. The van der Waals surface area contributed by atoms with E-state index in [1.807, 2.05) is 11.8 Å². The number of carbonyl (C=O) groups is 1. The summed E-state index contributed by atoms with van der Waals surface area (Å²) in [7, 11) is 0. The van der Waals surface area contributed by atoms with Gasteiger partial charge >= 0.3 is 6.03 Å². The van der Waals surface area contributed by atoms with Crippen LogP contribution in [0.4, 0.5) is 4.79 Å². The van der Waals surface area contributed by atoms with Gasteiger partial charge in [-0.25, -0.2) is 4.79 Å². The van der Waals surface area contributed by atoms with Crippen molar-refractivity contribution in [2.75, 3.05) is 39.3 Å². The van der Waals surface area contributed by atoms with Gasteiger partial charge in [0.25, 0.3) is 0 Å². The molecule has 1 aliphatic heterocycles. The second kappa shape index (κ2) is 5.50.